The van der Waals surface area contributed by atoms with E-state index in [-0.39, 0.29) is 12.1 Å². The van der Waals surface area contributed by atoms with Gasteiger partial charge < -0.3 is 10.2 Å². The Hall–Kier alpha value is -1.51. The summed E-state index contributed by atoms with van der Waals surface area (Å²) in [6.45, 7) is 2.99. The van der Waals surface area contributed by atoms with Gasteiger partial charge >= 0.3 is 6.03 Å². The highest BCUT2D eigenvalue weighted by molar-refractivity contribution is 5.75. The number of hydrogen-bond acceptors (Lipinski definition) is 1. The maximum absolute atomic E-state index is 12.6. The molecule has 1 heterocycles. The highest BCUT2D eigenvalue weighted by Crippen LogP contribution is 2.32. The summed E-state index contributed by atoms with van der Waals surface area (Å²) >= 11 is 0. The van der Waals surface area contributed by atoms with Gasteiger partial charge in [0, 0.05) is 12.6 Å². The quantitative estimate of drug-likeness (QED) is 0.869. The molecule has 3 heteroatoms. The lowest BCUT2D eigenvalue weighted by Crippen LogP contribution is -2.45. The van der Waals surface area contributed by atoms with E-state index in [9.17, 15) is 4.79 Å². The molecule has 1 aliphatic carbocycles. The number of carbonyl (C=O) groups excluding carboxylic acids is 1. The molecule has 1 N–H and O–H groups in total. The fraction of sp³-hybridized carbons (Fsp3) is 0.611. The first-order valence-corrected chi connectivity index (χ1v) is 8.38. The van der Waals surface area contributed by atoms with E-state index in [4.69, 9.17) is 0 Å². The van der Waals surface area contributed by atoms with Crippen LogP contribution in [0.2, 0.25) is 0 Å². The topological polar surface area (TPSA) is 32.3 Å². The number of nitrogens with one attached hydrogen (secondary N) is 1. The average Bonchev–Trinajstić information content (AvgIpc) is 2.98. The number of likely N-dealkylation sites (tertiary alicyclic amines) is 1. The van der Waals surface area contributed by atoms with E-state index in [1.54, 1.807) is 0 Å². The van der Waals surface area contributed by atoms with Gasteiger partial charge in [-0.05, 0) is 38.2 Å². The number of benzene rings is 1. The number of rotatable bonds is 2. The third-order valence-corrected chi connectivity index (χ3v) is 4.91. The van der Waals surface area contributed by atoms with Crippen LogP contribution in [0, 0.1) is 6.92 Å². The average molecular weight is 286 g/mol. The third kappa shape index (κ3) is 3.39. The summed E-state index contributed by atoms with van der Waals surface area (Å²) in [4.78, 5) is 14.6. The highest BCUT2D eigenvalue weighted by atomic mass is 16.2. The zero-order valence-corrected chi connectivity index (χ0v) is 13.0. The van der Waals surface area contributed by atoms with E-state index in [0.29, 0.717) is 6.04 Å². The Morgan fingerprint density at radius 1 is 1.05 bits per heavy atom. The molecule has 1 aliphatic heterocycles. The van der Waals surface area contributed by atoms with Gasteiger partial charge in [0.2, 0.25) is 0 Å². The molecule has 3 nitrogen and oxygen atoms in total. The van der Waals surface area contributed by atoms with E-state index in [2.05, 4.69) is 36.5 Å². The van der Waals surface area contributed by atoms with Gasteiger partial charge in [-0.3, -0.25) is 0 Å². The molecule has 114 valence electrons. The Balaban J connectivity index is 1.65. The van der Waals surface area contributed by atoms with Crippen molar-refractivity contribution in [2.75, 3.05) is 6.54 Å². The lowest BCUT2D eigenvalue weighted by Gasteiger charge is -2.29. The zero-order chi connectivity index (χ0) is 14.7. The minimum absolute atomic E-state index is 0.143. The normalized spacial score (nSPS) is 23.3. The lowest BCUT2D eigenvalue weighted by molar-refractivity contribution is 0.185. The van der Waals surface area contributed by atoms with Crippen LogP contribution >= 0.6 is 0 Å². The number of urea groups is 1. The molecular formula is C18H26N2O. The van der Waals surface area contributed by atoms with Crippen LogP contribution in [0.25, 0.3) is 0 Å². The van der Waals surface area contributed by atoms with Crippen molar-refractivity contribution in [1.29, 1.82) is 0 Å². The Labute approximate surface area is 127 Å². The maximum Gasteiger partial charge on any atom is 0.318 e. The number of nitrogens with zero attached hydrogens (tertiary/aromatic N) is 1. The molecule has 21 heavy (non-hydrogen) atoms. The third-order valence-electron chi connectivity index (χ3n) is 4.91. The van der Waals surface area contributed by atoms with Crippen molar-refractivity contribution in [3.63, 3.8) is 0 Å². The van der Waals surface area contributed by atoms with E-state index >= 15 is 0 Å². The van der Waals surface area contributed by atoms with Crippen LogP contribution in [0.15, 0.2) is 24.3 Å². The molecule has 1 saturated heterocycles. The summed E-state index contributed by atoms with van der Waals surface area (Å²) < 4.78 is 0. The first-order valence-electron chi connectivity index (χ1n) is 8.38. The summed E-state index contributed by atoms with van der Waals surface area (Å²) in [6.07, 6.45) is 8.32. The Kier molecular flexibility index (Phi) is 4.47. The van der Waals surface area contributed by atoms with Crippen molar-refractivity contribution in [3.8, 4) is 0 Å². The van der Waals surface area contributed by atoms with Gasteiger partial charge in [-0.25, -0.2) is 4.79 Å². The van der Waals surface area contributed by atoms with Gasteiger partial charge in [0.1, 0.15) is 0 Å². The summed E-state index contributed by atoms with van der Waals surface area (Å²) in [5, 5.41) is 3.26. The SMILES string of the molecule is Cc1ccc(C2CCCN2C(=O)NC2CCCCC2)cc1. The van der Waals surface area contributed by atoms with Gasteiger partial charge in [0.15, 0.2) is 0 Å². The lowest BCUT2D eigenvalue weighted by atomic mass is 9.96. The first-order chi connectivity index (χ1) is 10.2. The van der Waals surface area contributed by atoms with Crippen molar-refractivity contribution >= 4 is 6.03 Å². The monoisotopic (exact) mass is 286 g/mol. The van der Waals surface area contributed by atoms with Gasteiger partial charge in [0.25, 0.3) is 0 Å². The summed E-state index contributed by atoms with van der Waals surface area (Å²) in [6, 6.07) is 9.43. The minimum atomic E-state index is 0.143. The molecule has 0 bridgehead atoms. The van der Waals surface area contributed by atoms with E-state index in [1.165, 1.54) is 30.4 Å². The Bertz CT molecular complexity index is 476. The first kappa shape index (κ1) is 14.4. The predicted molar refractivity (Wildman–Crippen MR) is 85.3 cm³/mol. The number of hydrogen-bond donors (Lipinski definition) is 1. The standard InChI is InChI=1S/C18H26N2O/c1-14-9-11-15(12-10-14)17-8-5-13-20(17)18(21)19-16-6-3-2-4-7-16/h9-12,16-17H,2-8,13H2,1H3,(H,19,21). The van der Waals surface area contributed by atoms with Crippen molar-refractivity contribution < 1.29 is 4.79 Å². The highest BCUT2D eigenvalue weighted by Gasteiger charge is 2.31. The smallest absolute Gasteiger partial charge is 0.318 e. The van der Waals surface area contributed by atoms with Crippen LogP contribution in [0.4, 0.5) is 4.79 Å². The second kappa shape index (κ2) is 6.50. The second-order valence-corrected chi connectivity index (χ2v) is 6.55. The zero-order valence-electron chi connectivity index (χ0n) is 13.0. The largest absolute Gasteiger partial charge is 0.335 e. The number of aryl methyl sites for hydroxylation is 1. The van der Waals surface area contributed by atoms with Crippen molar-refractivity contribution in [1.82, 2.24) is 10.2 Å². The van der Waals surface area contributed by atoms with Crippen LogP contribution in [0.5, 0.6) is 0 Å². The molecule has 1 aromatic rings. The molecule has 2 aliphatic rings. The Morgan fingerprint density at radius 3 is 2.48 bits per heavy atom. The van der Waals surface area contributed by atoms with Crippen LogP contribution < -0.4 is 5.32 Å². The van der Waals surface area contributed by atoms with Gasteiger partial charge in [-0.15, -0.1) is 0 Å². The van der Waals surface area contributed by atoms with Gasteiger partial charge in [-0.1, -0.05) is 49.1 Å². The van der Waals surface area contributed by atoms with E-state index in [0.717, 1.165) is 32.2 Å². The molecule has 1 saturated carbocycles. The van der Waals surface area contributed by atoms with Crippen molar-refractivity contribution in [3.05, 3.63) is 35.4 Å². The van der Waals surface area contributed by atoms with Crippen LogP contribution in [0.1, 0.15) is 62.1 Å². The van der Waals surface area contributed by atoms with Gasteiger partial charge in [0.05, 0.1) is 6.04 Å². The van der Waals surface area contributed by atoms with Gasteiger partial charge in [-0.2, -0.15) is 0 Å². The summed E-state index contributed by atoms with van der Waals surface area (Å²) in [7, 11) is 0. The number of carbonyl (C=O) groups is 1. The van der Waals surface area contributed by atoms with Crippen molar-refractivity contribution in [2.45, 2.75) is 64.0 Å². The molecule has 2 fully saturated rings. The van der Waals surface area contributed by atoms with Crippen LogP contribution in [-0.2, 0) is 0 Å². The molecule has 3 rings (SSSR count). The summed E-state index contributed by atoms with van der Waals surface area (Å²) in [5.41, 5.74) is 2.55. The molecule has 0 radical (unpaired) electrons. The fourth-order valence-corrected chi connectivity index (χ4v) is 3.65. The molecular weight excluding hydrogens is 260 g/mol. The summed E-state index contributed by atoms with van der Waals surface area (Å²) in [5.74, 6) is 0. The van der Waals surface area contributed by atoms with E-state index < -0.39 is 0 Å². The second-order valence-electron chi connectivity index (χ2n) is 6.55. The molecule has 1 atom stereocenters. The molecule has 2 amide bonds. The Morgan fingerprint density at radius 2 is 1.76 bits per heavy atom. The fourth-order valence-electron chi connectivity index (χ4n) is 3.65. The molecule has 0 aromatic heterocycles. The number of amides is 2. The van der Waals surface area contributed by atoms with Crippen LogP contribution in [-0.4, -0.2) is 23.5 Å². The van der Waals surface area contributed by atoms with Crippen molar-refractivity contribution in [2.24, 2.45) is 0 Å². The maximum atomic E-state index is 12.6. The van der Waals surface area contributed by atoms with E-state index in [1.807, 2.05) is 4.90 Å². The molecule has 1 unspecified atom stereocenters. The molecule has 1 aromatic carbocycles. The molecule has 0 spiro atoms. The predicted octanol–water partition coefficient (Wildman–Crippen LogP) is 4.17. The van der Waals surface area contributed by atoms with Crippen LogP contribution in [0.3, 0.4) is 0 Å². The minimum Gasteiger partial charge on any atom is -0.335 e.